The summed E-state index contributed by atoms with van der Waals surface area (Å²) in [5.41, 5.74) is 13.7. The Bertz CT molecular complexity index is 4770. The first-order valence-corrected chi connectivity index (χ1v) is 32.3. The number of ketones is 1. The van der Waals surface area contributed by atoms with Crippen molar-refractivity contribution in [2.24, 2.45) is 0 Å². The predicted octanol–water partition coefficient (Wildman–Crippen LogP) is 4.24. The van der Waals surface area contributed by atoms with Gasteiger partial charge in [-0.3, -0.25) is 41.3 Å². The standard InChI is InChI=1S/C18H21N5O2.C18H24N2O5.C17H21N5O2.C15H20N2O3/c1-12(24)9-21-10-13(19-20-21)11-23-15-6-4-5-14-16(15)22(17(23)25)8-7-18(14,2)3;1-18(2)7-8-19-13-10(18)5-4-6-11(13)20(17(19)23)9-12-14(21)15(22)16(24-3)25-12;1-17(2)6-7-21-15-13(17)4-3-5-14(15)22(16(21)24)11-12-10-20(8-9-23)19-18-12;1-15(2)6-7-16-13-11(15)4-3-5-12(13)17(14(16)20)8-10(19)9-18/h4-6,10H,7-9,11H2,1-3H3;4-6,12,14-16,21-22H,7-9H2,1-3H3;3-5,10,23H,6-9,11H2,1-2H3;3-5,10,18-19H,6-9H2,1-2H3/t;12-,14-,15-,16?;;/m.1../s1. The summed E-state index contributed by atoms with van der Waals surface area (Å²) in [5.74, 6) is 0.0167. The Labute approximate surface area is 541 Å². The molecule has 26 heteroatoms. The smallest absolute Gasteiger partial charge is 0.329 e. The van der Waals surface area contributed by atoms with Crippen LogP contribution in [0.5, 0.6) is 0 Å². The fourth-order valence-electron chi connectivity index (χ4n) is 14.5. The molecule has 15 rings (SSSR count). The number of hydrogen-bond acceptors (Lipinski definition) is 16. The normalized spacial score (nSPS) is 20.4. The molecule has 5 atom stereocenters. The van der Waals surface area contributed by atoms with E-state index >= 15 is 0 Å². The zero-order chi connectivity index (χ0) is 67.1. The molecule has 0 radical (unpaired) electrons. The van der Waals surface area contributed by atoms with Gasteiger partial charge < -0.3 is 35.0 Å². The van der Waals surface area contributed by atoms with Crippen molar-refractivity contribution < 1.29 is 39.8 Å². The van der Waals surface area contributed by atoms with Gasteiger partial charge in [0.25, 0.3) is 0 Å². The number of para-hydroxylation sites is 4. The minimum atomic E-state index is -1.12. The molecule has 0 saturated carbocycles. The number of aryl methyl sites for hydroxylation is 4. The maximum atomic E-state index is 12.9. The number of Topliss-reactive ketones (excluding diaryl/α,β-unsaturated/α-hetero) is 1. The van der Waals surface area contributed by atoms with Crippen LogP contribution >= 0.6 is 0 Å². The van der Waals surface area contributed by atoms with E-state index in [0.29, 0.717) is 44.1 Å². The van der Waals surface area contributed by atoms with Crippen LogP contribution in [0.25, 0.3) is 44.1 Å². The maximum Gasteiger partial charge on any atom is 0.329 e. The molecule has 0 amide bonds. The topological polar surface area (TPSA) is 306 Å². The maximum absolute atomic E-state index is 12.9. The first-order chi connectivity index (χ1) is 44.7. The first kappa shape index (κ1) is 65.7. The third kappa shape index (κ3) is 11.7. The summed E-state index contributed by atoms with van der Waals surface area (Å²) in [6, 6.07) is 24.1. The van der Waals surface area contributed by atoms with Gasteiger partial charge in [-0.2, -0.15) is 0 Å². The molecule has 0 bridgehead atoms. The zero-order valence-electron chi connectivity index (χ0n) is 55.1. The molecule has 5 aliphatic heterocycles. The van der Waals surface area contributed by atoms with Crippen molar-refractivity contribution in [3.05, 3.63) is 161 Å². The van der Waals surface area contributed by atoms with E-state index in [9.17, 15) is 39.3 Å². The number of carbonyl (C=O) groups excluding carboxylic acids is 1. The van der Waals surface area contributed by atoms with Gasteiger partial charge >= 0.3 is 22.8 Å². The second-order valence-electron chi connectivity index (χ2n) is 28.3. The minimum Gasteiger partial charge on any atom is -0.394 e. The van der Waals surface area contributed by atoms with Crippen molar-refractivity contribution in [2.75, 3.05) is 20.3 Å². The lowest BCUT2D eigenvalue weighted by Gasteiger charge is -2.30. The summed E-state index contributed by atoms with van der Waals surface area (Å²) in [6.45, 7) is 23.3. The van der Waals surface area contributed by atoms with Gasteiger partial charge in [-0.05, 0) is 101 Å². The third-order valence-electron chi connectivity index (χ3n) is 20.0. The summed E-state index contributed by atoms with van der Waals surface area (Å²) >= 11 is 0. The van der Waals surface area contributed by atoms with E-state index in [0.717, 1.165) is 88.5 Å². The largest absolute Gasteiger partial charge is 0.394 e. The Kier molecular flexibility index (Phi) is 17.5. The van der Waals surface area contributed by atoms with E-state index < -0.39 is 30.7 Å². The molecule has 1 fully saturated rings. The Morgan fingerprint density at radius 3 is 1.32 bits per heavy atom. The molecule has 5 N–H and O–H groups in total. The molecule has 0 aliphatic carbocycles. The van der Waals surface area contributed by atoms with Gasteiger partial charge in [-0.15, -0.1) is 10.2 Å². The quantitative estimate of drug-likeness (QED) is 0.102. The molecule has 6 aromatic heterocycles. The van der Waals surface area contributed by atoms with E-state index in [1.165, 1.54) is 35.4 Å². The summed E-state index contributed by atoms with van der Waals surface area (Å²) in [6.07, 6.45) is 2.51. The van der Waals surface area contributed by atoms with Crippen LogP contribution in [0.2, 0.25) is 0 Å². The number of aliphatic hydroxyl groups is 5. The molecule has 500 valence electrons. The highest BCUT2D eigenvalue weighted by molar-refractivity contribution is 5.84. The minimum absolute atomic E-state index is 0.00431. The number of benzene rings is 4. The molecule has 10 aromatic rings. The average molecular weight is 1290 g/mol. The van der Waals surface area contributed by atoms with Crippen molar-refractivity contribution in [2.45, 2.75) is 206 Å². The van der Waals surface area contributed by atoms with E-state index in [2.05, 4.69) is 100 Å². The SMILES string of the molecule is CC(=O)Cn1cc(Cn2c(=O)n3c4c(cccc42)C(C)(C)CC3)nn1.CC1(C)CCn2c(=O)n(CC(O)CO)c3cccc1c32.CC1(C)CCn2c(=O)n(Cc3cn(CCO)nn3)c3cccc1c32.COC1O[C@H](Cn2c(=O)n3c4c(cccc42)C(C)(C)CC3)[C@@H](O)[C@H]1O. The molecular weight excluding hydrogens is 1200 g/mol. The molecule has 94 heavy (non-hydrogen) atoms. The second kappa shape index (κ2) is 25.1. The highest BCUT2D eigenvalue weighted by atomic mass is 16.7. The molecule has 4 aromatic carbocycles. The number of ether oxygens (including phenoxy) is 2. The van der Waals surface area contributed by atoms with Crippen LogP contribution in [0.15, 0.2) is 104 Å². The third-order valence-corrected chi connectivity index (χ3v) is 20.0. The van der Waals surface area contributed by atoms with Gasteiger partial charge in [0.15, 0.2) is 12.1 Å². The summed E-state index contributed by atoms with van der Waals surface area (Å²) in [5, 5.41) is 64.0. The monoisotopic (exact) mass is 1290 g/mol. The van der Waals surface area contributed by atoms with Gasteiger partial charge in [-0.1, -0.05) is 114 Å². The number of imidazole rings is 4. The van der Waals surface area contributed by atoms with Gasteiger partial charge in [0, 0.05) is 33.3 Å². The predicted molar refractivity (Wildman–Crippen MR) is 352 cm³/mol. The number of carbonyl (C=O) groups is 1. The van der Waals surface area contributed by atoms with Crippen LogP contribution in [-0.2, 0) is 101 Å². The number of methoxy groups -OCH3 is 1. The van der Waals surface area contributed by atoms with Crippen LogP contribution in [0, 0.1) is 0 Å². The van der Waals surface area contributed by atoms with E-state index in [1.54, 1.807) is 39.9 Å². The van der Waals surface area contributed by atoms with E-state index in [-0.39, 0.29) is 83.1 Å². The highest BCUT2D eigenvalue weighted by Gasteiger charge is 2.44. The second-order valence-corrected chi connectivity index (χ2v) is 28.3. The van der Waals surface area contributed by atoms with Crippen molar-refractivity contribution in [1.82, 2.24) is 66.5 Å². The highest BCUT2D eigenvalue weighted by Crippen LogP contribution is 2.41. The van der Waals surface area contributed by atoms with Crippen molar-refractivity contribution in [1.29, 1.82) is 0 Å². The molecular formula is C68H86N14O12. The fourth-order valence-corrected chi connectivity index (χ4v) is 14.5. The Morgan fingerprint density at radius 2 is 0.936 bits per heavy atom. The zero-order valence-corrected chi connectivity index (χ0v) is 55.1. The van der Waals surface area contributed by atoms with Crippen LogP contribution in [0.4, 0.5) is 0 Å². The Balaban J connectivity index is 0.000000121. The van der Waals surface area contributed by atoms with Gasteiger partial charge in [0.1, 0.15) is 36.2 Å². The van der Waals surface area contributed by atoms with E-state index in [4.69, 9.17) is 19.7 Å². The molecule has 26 nitrogen and oxygen atoms in total. The molecule has 1 saturated heterocycles. The van der Waals surface area contributed by atoms with Crippen molar-refractivity contribution in [3.8, 4) is 0 Å². The molecule has 2 unspecified atom stereocenters. The summed E-state index contributed by atoms with van der Waals surface area (Å²) in [7, 11) is 1.41. The molecule has 5 aliphatic rings. The van der Waals surface area contributed by atoms with Gasteiger partial charge in [-0.25, -0.2) is 28.5 Å². The lowest BCUT2D eigenvalue weighted by Crippen LogP contribution is -2.37. The Hall–Kier alpha value is -8.37. The molecule has 0 spiro atoms. The summed E-state index contributed by atoms with van der Waals surface area (Å²) in [4.78, 5) is 62.5. The molecule has 11 heterocycles. The summed E-state index contributed by atoms with van der Waals surface area (Å²) < 4.78 is 27.8. The van der Waals surface area contributed by atoms with Crippen LogP contribution < -0.4 is 22.8 Å². The number of nitrogens with zero attached hydrogens (tertiary/aromatic N) is 14. The lowest BCUT2D eigenvalue weighted by molar-refractivity contribution is -0.150. The number of hydrogen-bond donors (Lipinski definition) is 5. The van der Waals surface area contributed by atoms with Gasteiger partial charge in [0.05, 0.1) is 109 Å². The number of aliphatic hydroxyl groups excluding tert-OH is 5. The average Bonchev–Trinajstić information content (AvgIpc) is 1.59. The van der Waals surface area contributed by atoms with Crippen LogP contribution in [-0.4, -0.2) is 149 Å². The number of aromatic nitrogens is 14. The van der Waals surface area contributed by atoms with Crippen LogP contribution in [0.3, 0.4) is 0 Å². The Morgan fingerprint density at radius 1 is 0.564 bits per heavy atom. The van der Waals surface area contributed by atoms with Crippen molar-refractivity contribution >= 4 is 49.9 Å². The van der Waals surface area contributed by atoms with Gasteiger partial charge in [0.2, 0.25) is 0 Å². The van der Waals surface area contributed by atoms with E-state index in [1.807, 2.05) is 62.2 Å². The van der Waals surface area contributed by atoms with Crippen LogP contribution in [0.1, 0.15) is 122 Å². The lowest BCUT2D eigenvalue weighted by atomic mass is 9.79. The number of rotatable bonds is 14. The fraction of sp³-hybridized carbons (Fsp3) is 0.515. The first-order valence-electron chi connectivity index (χ1n) is 32.3. The van der Waals surface area contributed by atoms with Crippen molar-refractivity contribution in [3.63, 3.8) is 0 Å².